The quantitative estimate of drug-likeness (QED) is 0.0271. The molecule has 1 fully saturated rings. The highest BCUT2D eigenvalue weighted by Gasteiger charge is 2.54. The van der Waals surface area contributed by atoms with Crippen LogP contribution in [0.4, 0.5) is 5.69 Å². The fourth-order valence-corrected chi connectivity index (χ4v) is 7.42. The van der Waals surface area contributed by atoms with Crippen LogP contribution in [-0.4, -0.2) is 63.1 Å². The van der Waals surface area contributed by atoms with Gasteiger partial charge < -0.3 is 14.8 Å². The van der Waals surface area contributed by atoms with Gasteiger partial charge in [-0.15, -0.1) is 11.8 Å². The molecule has 0 aromatic heterocycles. The summed E-state index contributed by atoms with van der Waals surface area (Å²) in [6.45, 7) is 0.927. The van der Waals surface area contributed by atoms with Gasteiger partial charge in [0.2, 0.25) is 5.91 Å². The van der Waals surface area contributed by atoms with Crippen molar-refractivity contribution < 1.29 is 38.4 Å². The lowest BCUT2D eigenvalue weighted by Crippen LogP contribution is -2.71. The first kappa shape index (κ1) is 36.4. The number of rotatable bonds is 10. The number of carbonyl (C=O) groups is 5. The number of halogens is 5. The average molecular weight is 788 g/mol. The Morgan fingerprint density at radius 3 is 2.14 bits per heavy atom. The number of benzene rings is 3. The van der Waals surface area contributed by atoms with E-state index >= 15 is 0 Å². The minimum absolute atomic E-state index is 0.0854. The third-order valence-electron chi connectivity index (χ3n) is 7.39. The molecule has 1 saturated heterocycles. The summed E-state index contributed by atoms with van der Waals surface area (Å²) in [5.74, 6) is -6.03. The maximum Gasteiger partial charge on any atom is 0.355 e. The minimum atomic E-state index is -1.62. The summed E-state index contributed by atoms with van der Waals surface area (Å²) in [6.07, 6.45) is 0. The Morgan fingerprint density at radius 1 is 0.959 bits per heavy atom. The number of nitrogens with one attached hydrogen (secondary N) is 1. The molecule has 3 aromatic rings. The number of fused-ring (bicyclic) bond motifs is 1. The molecule has 254 valence electrons. The number of hydrogen-bond acceptors (Lipinski definition) is 10. The number of nitro groups is 1. The Hall–Kier alpha value is -3.85. The lowest BCUT2D eigenvalue weighted by atomic mass is 9.96. The van der Waals surface area contributed by atoms with E-state index in [0.717, 1.165) is 17.0 Å². The third-order valence-corrected chi connectivity index (χ3v) is 11.1. The molecule has 49 heavy (non-hydrogen) atoms. The van der Waals surface area contributed by atoms with E-state index in [1.807, 2.05) is 0 Å². The Balaban J connectivity index is 1.30. The van der Waals surface area contributed by atoms with E-state index in [-0.39, 0.29) is 53.4 Å². The van der Waals surface area contributed by atoms with Gasteiger partial charge in [0, 0.05) is 23.4 Å². The largest absolute Gasteiger partial charge is 0.453 e. The van der Waals surface area contributed by atoms with Crippen LogP contribution in [0, 0.1) is 10.1 Å². The highest BCUT2D eigenvalue weighted by Crippen LogP contribution is 2.48. The Labute approximate surface area is 306 Å². The molecule has 0 aliphatic carbocycles. The summed E-state index contributed by atoms with van der Waals surface area (Å²) >= 11 is 31.9. The summed E-state index contributed by atoms with van der Waals surface area (Å²) in [7, 11) is 0. The number of non-ortho nitro benzene ring substituents is 1. The van der Waals surface area contributed by atoms with Gasteiger partial charge in [-0.1, -0.05) is 88.3 Å². The molecule has 3 aromatic carbocycles. The lowest BCUT2D eigenvalue weighted by Gasteiger charge is -2.49. The summed E-state index contributed by atoms with van der Waals surface area (Å²) in [4.78, 5) is 77.7. The first-order valence-electron chi connectivity index (χ1n) is 13.9. The van der Waals surface area contributed by atoms with Gasteiger partial charge in [0.15, 0.2) is 24.1 Å². The van der Waals surface area contributed by atoms with Gasteiger partial charge in [-0.3, -0.25) is 34.2 Å². The Morgan fingerprint density at radius 2 is 1.55 bits per heavy atom. The van der Waals surface area contributed by atoms with Crippen LogP contribution in [-0.2, 0) is 23.9 Å². The van der Waals surface area contributed by atoms with Crippen LogP contribution in [0.3, 0.4) is 0 Å². The number of esters is 2. The van der Waals surface area contributed by atoms with Crippen LogP contribution in [0.25, 0.3) is 0 Å². The second-order valence-electron chi connectivity index (χ2n) is 10.5. The molecule has 2 amide bonds. The highest BCUT2D eigenvalue weighted by atomic mass is 35.5. The van der Waals surface area contributed by atoms with Crippen molar-refractivity contribution in [1.29, 1.82) is 0 Å². The van der Waals surface area contributed by atoms with Gasteiger partial charge in [-0.25, -0.2) is 4.79 Å². The normalized spacial score (nSPS) is 17.4. The second kappa shape index (κ2) is 15.0. The minimum Gasteiger partial charge on any atom is -0.453 e. The molecule has 2 aliphatic heterocycles. The SMILES string of the molecule is CC1=C(C(=O)OCC(=O)c2ccc([N+](=O)[O-])cc2)N2C(=O)C(NC(=O)C(C(=O)Oc3c(Cl)c(Cl)c(Cl)c(Cl)c3Cl)c3ccccc3)[C@@H]2SC1. The fourth-order valence-electron chi connectivity index (χ4n) is 4.92. The topological polar surface area (TPSA) is 162 Å². The standard InChI is InChI=1S/C31H20Cl5N3O9S/c1-13-12-49-29-24(28(42)38(29)25(13)31(44)47-11-17(40)14-7-9-16(10-8-14)39(45)46)37-27(41)18(15-5-3-2-4-6-15)30(43)48-26-22(35)20(33)19(32)21(34)23(26)36/h2-10,18,24,29H,11-12H2,1H3,(H,37,41)/t18?,24?,29-/m0/s1. The van der Waals surface area contributed by atoms with Crippen molar-refractivity contribution in [2.24, 2.45) is 0 Å². The van der Waals surface area contributed by atoms with Crippen molar-refractivity contribution >= 4 is 105 Å². The van der Waals surface area contributed by atoms with E-state index in [1.54, 1.807) is 25.1 Å². The number of carbonyl (C=O) groups excluding carboxylic acids is 5. The number of ketones is 1. The number of nitrogens with zero attached hydrogens (tertiary/aromatic N) is 2. The molecular weight excluding hydrogens is 768 g/mol. The van der Waals surface area contributed by atoms with E-state index < -0.39 is 64.1 Å². The molecule has 2 unspecified atom stereocenters. The zero-order valence-electron chi connectivity index (χ0n) is 24.7. The van der Waals surface area contributed by atoms with Gasteiger partial charge >= 0.3 is 11.9 Å². The molecule has 12 nitrogen and oxygen atoms in total. The molecule has 1 N–H and O–H groups in total. The maximum atomic E-state index is 13.7. The van der Waals surface area contributed by atoms with Gasteiger partial charge in [0.05, 0.1) is 20.0 Å². The van der Waals surface area contributed by atoms with E-state index in [0.29, 0.717) is 5.57 Å². The first-order chi connectivity index (χ1) is 23.2. The van der Waals surface area contributed by atoms with Crippen LogP contribution >= 0.6 is 69.8 Å². The van der Waals surface area contributed by atoms with E-state index in [4.69, 9.17) is 67.5 Å². The Kier molecular flexibility index (Phi) is 11.1. The van der Waals surface area contributed by atoms with E-state index in [1.165, 1.54) is 36.0 Å². The van der Waals surface area contributed by atoms with Crippen molar-refractivity contribution in [2.75, 3.05) is 12.4 Å². The zero-order chi connectivity index (χ0) is 35.7. The predicted molar refractivity (Wildman–Crippen MR) is 182 cm³/mol. The smallest absolute Gasteiger partial charge is 0.355 e. The van der Waals surface area contributed by atoms with Gasteiger partial charge in [0.25, 0.3) is 11.6 Å². The molecule has 5 rings (SSSR count). The second-order valence-corrected chi connectivity index (χ2v) is 13.5. The molecule has 18 heteroatoms. The molecule has 0 radical (unpaired) electrons. The molecule has 2 heterocycles. The van der Waals surface area contributed by atoms with Crippen LogP contribution in [0.15, 0.2) is 65.9 Å². The van der Waals surface area contributed by atoms with Crippen LogP contribution in [0.1, 0.15) is 28.8 Å². The molecule has 3 atom stereocenters. The van der Waals surface area contributed by atoms with Crippen molar-refractivity contribution in [2.45, 2.75) is 24.3 Å². The van der Waals surface area contributed by atoms with Gasteiger partial charge in [-0.05, 0) is 30.2 Å². The van der Waals surface area contributed by atoms with Gasteiger partial charge in [-0.2, -0.15) is 0 Å². The monoisotopic (exact) mass is 785 g/mol. The number of β-lactam (4-membered cyclic amide) rings is 1. The highest BCUT2D eigenvalue weighted by molar-refractivity contribution is 8.00. The maximum absolute atomic E-state index is 13.7. The number of hydrogen-bond donors (Lipinski definition) is 1. The van der Waals surface area contributed by atoms with Crippen molar-refractivity contribution in [1.82, 2.24) is 10.2 Å². The molecular formula is C31H20Cl5N3O9S. The van der Waals surface area contributed by atoms with E-state index in [2.05, 4.69) is 5.32 Å². The first-order valence-corrected chi connectivity index (χ1v) is 16.8. The average Bonchev–Trinajstić information content (AvgIpc) is 3.09. The number of thioether (sulfide) groups is 1. The van der Waals surface area contributed by atoms with Crippen LogP contribution < -0.4 is 10.1 Å². The van der Waals surface area contributed by atoms with Gasteiger partial charge in [0.1, 0.15) is 27.2 Å². The molecule has 0 spiro atoms. The molecule has 0 bridgehead atoms. The lowest BCUT2D eigenvalue weighted by molar-refractivity contribution is -0.384. The van der Waals surface area contributed by atoms with Crippen molar-refractivity contribution in [3.8, 4) is 5.75 Å². The Bertz CT molecular complexity index is 1910. The van der Waals surface area contributed by atoms with E-state index in [9.17, 15) is 34.1 Å². The summed E-state index contributed by atoms with van der Waals surface area (Å²) in [6, 6.07) is 11.4. The molecule has 0 saturated carbocycles. The van der Waals surface area contributed by atoms with Crippen molar-refractivity contribution in [3.63, 3.8) is 0 Å². The summed E-state index contributed by atoms with van der Waals surface area (Å²) in [5, 5.41) is 11.4. The van der Waals surface area contributed by atoms with Crippen LogP contribution in [0.5, 0.6) is 5.75 Å². The number of ether oxygens (including phenoxy) is 2. The summed E-state index contributed by atoms with van der Waals surface area (Å²) < 4.78 is 10.6. The third kappa shape index (κ3) is 7.23. The van der Waals surface area contributed by atoms with Crippen molar-refractivity contribution in [3.05, 3.63) is 112 Å². The van der Waals surface area contributed by atoms with Crippen LogP contribution in [0.2, 0.25) is 25.1 Å². The predicted octanol–water partition coefficient (Wildman–Crippen LogP) is 6.65. The zero-order valence-corrected chi connectivity index (χ0v) is 29.3. The summed E-state index contributed by atoms with van der Waals surface area (Å²) in [5.41, 5.74) is 0.487. The number of nitro benzene ring substituents is 1. The number of Topliss-reactive ketones (excluding diaryl/α,β-unsaturated/α-hetero) is 1. The fraction of sp³-hybridized carbons (Fsp3) is 0.194. The molecule has 2 aliphatic rings. The number of amides is 2.